The monoisotopic (exact) mass is 544 g/mol. The zero-order chi connectivity index (χ0) is 28.5. The van der Waals surface area contributed by atoms with Crippen molar-refractivity contribution in [1.29, 1.82) is 0 Å². The Morgan fingerprint density at radius 1 is 0.780 bits per heavy atom. The summed E-state index contributed by atoms with van der Waals surface area (Å²) in [4.78, 5) is 46.4. The first kappa shape index (κ1) is 26.5. The molecule has 0 spiro atoms. The van der Waals surface area contributed by atoms with Crippen molar-refractivity contribution >= 4 is 29.1 Å². The fraction of sp³-hybridized carbons (Fsp3) is 0.206. The van der Waals surface area contributed by atoms with Gasteiger partial charge in [-0.05, 0) is 74.1 Å². The Kier molecular flexibility index (Phi) is 7.12. The molecule has 2 aliphatic heterocycles. The zero-order valence-electron chi connectivity index (χ0n) is 23.2. The molecule has 2 atom stereocenters. The Hall–Kier alpha value is -4.75. The van der Waals surface area contributed by atoms with E-state index in [9.17, 15) is 14.4 Å². The van der Waals surface area contributed by atoms with Crippen LogP contribution in [0.25, 0.3) is 11.1 Å². The minimum Gasteiger partial charge on any atom is -0.332 e. The van der Waals surface area contributed by atoms with Crippen LogP contribution in [0.5, 0.6) is 0 Å². The van der Waals surface area contributed by atoms with Gasteiger partial charge in [-0.3, -0.25) is 14.4 Å². The van der Waals surface area contributed by atoms with E-state index < -0.39 is 0 Å². The van der Waals surface area contributed by atoms with Crippen LogP contribution in [-0.2, 0) is 0 Å². The van der Waals surface area contributed by atoms with Crippen molar-refractivity contribution in [1.82, 2.24) is 9.80 Å². The highest BCUT2D eigenvalue weighted by atomic mass is 16.2. The molecule has 3 amide bonds. The number of para-hydroxylation sites is 1. The normalized spacial score (nSPS) is 18.1. The number of likely N-dealkylation sites (N-methyl/N-ethyl adjacent to an activating group) is 1. The predicted molar refractivity (Wildman–Crippen MR) is 161 cm³/mol. The third-order valence-electron chi connectivity index (χ3n) is 8.09. The molecular formula is C34H32N4O3. The van der Waals surface area contributed by atoms with Gasteiger partial charge in [0.1, 0.15) is 0 Å². The molecule has 0 bridgehead atoms. The fourth-order valence-corrected chi connectivity index (χ4v) is 5.83. The molecule has 0 aromatic heterocycles. The van der Waals surface area contributed by atoms with Gasteiger partial charge in [0.2, 0.25) is 0 Å². The van der Waals surface area contributed by atoms with Crippen LogP contribution in [0.15, 0.2) is 103 Å². The second-order valence-corrected chi connectivity index (χ2v) is 10.8. The van der Waals surface area contributed by atoms with E-state index >= 15 is 0 Å². The van der Waals surface area contributed by atoms with Crippen LogP contribution < -0.4 is 10.2 Å². The van der Waals surface area contributed by atoms with Gasteiger partial charge >= 0.3 is 0 Å². The number of hydrogen-bond donors (Lipinski definition) is 1. The number of rotatable bonds is 5. The van der Waals surface area contributed by atoms with Crippen molar-refractivity contribution in [2.75, 3.05) is 37.4 Å². The second-order valence-electron chi connectivity index (χ2n) is 10.8. The van der Waals surface area contributed by atoms with Crippen molar-refractivity contribution in [3.63, 3.8) is 0 Å². The molecule has 1 N–H and O–H groups in total. The highest BCUT2D eigenvalue weighted by molar-refractivity contribution is 6.12. The van der Waals surface area contributed by atoms with Crippen LogP contribution >= 0.6 is 0 Å². The maximum absolute atomic E-state index is 13.9. The topological polar surface area (TPSA) is 73.0 Å². The van der Waals surface area contributed by atoms with Crippen LogP contribution in [0.2, 0.25) is 0 Å². The SMILES string of the molecule is CN(C)[C@@H]1C[C@H]2CN(C(=O)c3ccc(NC(=O)c4ccccc4-c4ccccc4)cc3)c3ccccc3C(=O)N2C1. The molecule has 1 saturated heterocycles. The molecule has 1 fully saturated rings. The largest absolute Gasteiger partial charge is 0.332 e. The average molecular weight is 545 g/mol. The van der Waals surface area contributed by atoms with Crippen LogP contribution in [-0.4, -0.2) is 66.8 Å². The first-order chi connectivity index (χ1) is 19.9. The minimum atomic E-state index is -0.222. The van der Waals surface area contributed by atoms with E-state index in [1.54, 1.807) is 41.3 Å². The van der Waals surface area contributed by atoms with Gasteiger partial charge in [0.15, 0.2) is 0 Å². The molecule has 2 aliphatic rings. The third kappa shape index (κ3) is 5.12. The van der Waals surface area contributed by atoms with Crippen molar-refractivity contribution in [3.05, 3.63) is 120 Å². The molecule has 0 radical (unpaired) electrons. The van der Waals surface area contributed by atoms with E-state index in [2.05, 4.69) is 10.2 Å². The summed E-state index contributed by atoms with van der Waals surface area (Å²) in [6.45, 7) is 1.08. The highest BCUT2D eigenvalue weighted by Crippen LogP contribution is 2.34. The maximum Gasteiger partial charge on any atom is 0.258 e. The lowest BCUT2D eigenvalue weighted by molar-refractivity contribution is 0.0737. The number of carbonyl (C=O) groups is 3. The number of benzene rings is 4. The fourth-order valence-electron chi connectivity index (χ4n) is 5.83. The standard InChI is InChI=1S/C34H32N4O3/c1-36(2)26-20-27-22-38(31-15-9-8-14-30(31)34(41)37(27)21-26)33(40)24-16-18-25(19-17-24)35-32(39)29-13-7-6-12-28(29)23-10-4-3-5-11-23/h3-19,26-27H,20-22H2,1-2H3,(H,35,39)/t26-,27+/m1/s1. The van der Waals surface area contributed by atoms with E-state index in [4.69, 9.17) is 0 Å². The average Bonchev–Trinajstić information content (AvgIpc) is 3.40. The van der Waals surface area contributed by atoms with E-state index in [-0.39, 0.29) is 29.8 Å². The lowest BCUT2D eigenvalue weighted by Gasteiger charge is -2.26. The number of nitrogens with zero attached hydrogens (tertiary/aromatic N) is 3. The van der Waals surface area contributed by atoms with Gasteiger partial charge in [0.05, 0.1) is 17.3 Å². The maximum atomic E-state index is 13.9. The molecule has 4 aromatic rings. The molecule has 6 rings (SSSR count). The Labute approximate surface area is 240 Å². The van der Waals surface area contributed by atoms with Crippen LogP contribution in [0.1, 0.15) is 37.5 Å². The summed E-state index contributed by atoms with van der Waals surface area (Å²) in [5.74, 6) is -0.424. The quantitative estimate of drug-likeness (QED) is 0.365. The Morgan fingerprint density at radius 2 is 1.44 bits per heavy atom. The number of amides is 3. The third-order valence-corrected chi connectivity index (χ3v) is 8.09. The predicted octanol–water partition coefficient (Wildman–Crippen LogP) is 5.41. The van der Waals surface area contributed by atoms with Gasteiger partial charge in [-0.2, -0.15) is 0 Å². The molecular weight excluding hydrogens is 512 g/mol. The summed E-state index contributed by atoms with van der Waals surface area (Å²) in [5, 5.41) is 2.97. The van der Waals surface area contributed by atoms with Gasteiger partial charge < -0.3 is 20.0 Å². The van der Waals surface area contributed by atoms with Gasteiger partial charge in [0.25, 0.3) is 17.7 Å². The van der Waals surface area contributed by atoms with Crippen molar-refractivity contribution in [3.8, 4) is 11.1 Å². The summed E-state index contributed by atoms with van der Waals surface area (Å²) in [7, 11) is 4.05. The molecule has 4 aromatic carbocycles. The van der Waals surface area contributed by atoms with Gasteiger partial charge in [-0.15, -0.1) is 0 Å². The Bertz CT molecular complexity index is 1600. The van der Waals surface area contributed by atoms with E-state index in [0.717, 1.165) is 17.5 Å². The zero-order valence-corrected chi connectivity index (χ0v) is 23.2. The van der Waals surface area contributed by atoms with E-state index in [1.165, 1.54) is 0 Å². The lowest BCUT2D eigenvalue weighted by Crippen LogP contribution is -2.42. The Morgan fingerprint density at radius 3 is 2.17 bits per heavy atom. The lowest BCUT2D eigenvalue weighted by atomic mass is 9.99. The summed E-state index contributed by atoms with van der Waals surface area (Å²) >= 11 is 0. The van der Waals surface area contributed by atoms with Gasteiger partial charge in [-0.25, -0.2) is 0 Å². The van der Waals surface area contributed by atoms with E-state index in [0.29, 0.717) is 41.2 Å². The molecule has 41 heavy (non-hydrogen) atoms. The first-order valence-corrected chi connectivity index (χ1v) is 13.8. The minimum absolute atomic E-state index is 0.0286. The van der Waals surface area contributed by atoms with Gasteiger partial charge in [-0.1, -0.05) is 60.7 Å². The highest BCUT2D eigenvalue weighted by Gasteiger charge is 2.42. The number of nitrogens with one attached hydrogen (secondary N) is 1. The summed E-state index contributed by atoms with van der Waals surface area (Å²) in [6, 6.07) is 31.8. The first-order valence-electron chi connectivity index (χ1n) is 13.8. The molecule has 2 heterocycles. The second kappa shape index (κ2) is 11.0. The van der Waals surface area contributed by atoms with E-state index in [1.807, 2.05) is 85.7 Å². The van der Waals surface area contributed by atoms with Crippen molar-refractivity contribution in [2.45, 2.75) is 18.5 Å². The number of hydrogen-bond acceptors (Lipinski definition) is 4. The number of fused-ring (bicyclic) bond motifs is 2. The summed E-state index contributed by atoms with van der Waals surface area (Å²) in [6.07, 6.45) is 0.811. The van der Waals surface area contributed by atoms with Crippen LogP contribution in [0.3, 0.4) is 0 Å². The molecule has 0 aliphatic carbocycles. The molecule has 0 saturated carbocycles. The summed E-state index contributed by atoms with van der Waals surface area (Å²) in [5.41, 5.74) is 4.65. The van der Waals surface area contributed by atoms with Crippen LogP contribution in [0, 0.1) is 0 Å². The van der Waals surface area contributed by atoms with Gasteiger partial charge in [0, 0.05) is 35.9 Å². The molecule has 206 valence electrons. The van der Waals surface area contributed by atoms with Crippen LogP contribution in [0.4, 0.5) is 11.4 Å². The smallest absolute Gasteiger partial charge is 0.258 e. The number of carbonyl (C=O) groups excluding carboxylic acids is 3. The summed E-state index contributed by atoms with van der Waals surface area (Å²) < 4.78 is 0. The van der Waals surface area contributed by atoms with Crippen molar-refractivity contribution < 1.29 is 14.4 Å². The Balaban J connectivity index is 1.23. The molecule has 0 unspecified atom stereocenters. The van der Waals surface area contributed by atoms with Crippen molar-refractivity contribution in [2.24, 2.45) is 0 Å². The molecule has 7 nitrogen and oxygen atoms in total. The molecule has 7 heteroatoms. The number of anilines is 2.